The van der Waals surface area contributed by atoms with Crippen LogP contribution in [-0.4, -0.2) is 6.71 Å². The fourth-order valence-electron chi connectivity index (χ4n) is 10.5. The van der Waals surface area contributed by atoms with E-state index in [0.717, 1.165) is 9.37 Å². The number of rotatable bonds is 9. The summed E-state index contributed by atoms with van der Waals surface area (Å²) in [5.41, 5.74) is 16.8. The summed E-state index contributed by atoms with van der Waals surface area (Å²) in [5, 5.41) is 0. The van der Waals surface area contributed by atoms with Crippen LogP contribution in [0.1, 0.15) is 0 Å². The van der Waals surface area contributed by atoms with Gasteiger partial charge in [-0.2, -0.15) is 0 Å². The predicted molar refractivity (Wildman–Crippen MR) is 382 cm³/mol. The van der Waals surface area contributed by atoms with Crippen molar-refractivity contribution in [3.05, 3.63) is 336 Å². The molecule has 0 fully saturated rings. The van der Waals surface area contributed by atoms with Crippen molar-refractivity contribution in [2.45, 2.75) is 44.1 Å². The number of benzene rings is 13. The Bertz CT molecular complexity index is 4290. The van der Waals surface area contributed by atoms with Crippen LogP contribution in [0.2, 0.25) is 0 Å². The van der Waals surface area contributed by atoms with Crippen molar-refractivity contribution in [3.8, 4) is 55.6 Å². The summed E-state index contributed by atoms with van der Waals surface area (Å²) in [6, 6.07) is 109. The molecular weight excluding hydrogens is 1310 g/mol. The highest BCUT2D eigenvalue weighted by Gasteiger charge is 2.38. The van der Waals surface area contributed by atoms with E-state index in [2.05, 4.69) is 311 Å². The molecule has 2 aliphatic heterocycles. The molecule has 0 bridgehead atoms. The molecule has 0 unspecified atom stereocenters. The van der Waals surface area contributed by atoms with E-state index >= 15 is 0 Å². The Kier molecular flexibility index (Phi) is 20.2. The summed E-state index contributed by atoms with van der Waals surface area (Å²) >= 11 is 18.3. The minimum atomic E-state index is -0.574. The van der Waals surface area contributed by atoms with Gasteiger partial charge in [0.05, 0.1) is 4.47 Å². The number of hydrogen-bond acceptors (Lipinski definition) is 5. The first kappa shape index (κ1) is 60.8. The molecule has 13 aromatic rings. The quantitative estimate of drug-likeness (QED) is 0.0868. The normalized spacial score (nSPS) is 11.4. The molecule has 0 aromatic heterocycles. The zero-order valence-corrected chi connectivity index (χ0v) is 54.5. The van der Waals surface area contributed by atoms with Crippen molar-refractivity contribution in [3.63, 3.8) is 0 Å². The summed E-state index contributed by atoms with van der Waals surface area (Å²) in [4.78, 5) is 11.4. The van der Waals surface area contributed by atoms with Gasteiger partial charge >= 0.3 is 0 Å². The van der Waals surface area contributed by atoms with E-state index in [0.29, 0.717) is 6.71 Å². The minimum Gasteiger partial charge on any atom is -0.206 e. The third-order valence-corrected chi connectivity index (χ3v) is 21.6. The summed E-state index contributed by atoms with van der Waals surface area (Å²) in [5.74, 6) is -1.15. The molecule has 0 spiro atoms. The molecule has 10 heteroatoms. The molecule has 0 nitrogen and oxygen atoms in total. The maximum Gasteiger partial charge on any atom is 0.247 e. The fourth-order valence-corrected chi connectivity index (χ4v) is 16.1. The molecule has 2 aliphatic rings. The number of halogens is 4. The predicted octanol–water partition coefficient (Wildman–Crippen LogP) is 22.9. The summed E-state index contributed by atoms with van der Waals surface area (Å²) in [7, 11) is 0. The smallest absolute Gasteiger partial charge is 0.206 e. The van der Waals surface area contributed by atoms with Crippen LogP contribution in [0.15, 0.2) is 368 Å². The molecule has 0 amide bonds. The SMILES string of the molecule is Brc1c(Sc2cccc(-c3ccccc3)c2)cccc1Sc1cccc(-c2ccccc2)c1.Fc1cccc(F)c1Br.Sc1cccc(-c2ccccc2)c1.c1ccc(-c2ccc3c(c2)Sc2cccc4c2B3c2ccc(-c3ccccc3)cc2S4)cc1. The molecule has 426 valence electrons. The molecular formula is C78H53BBr2F2S5. The number of fused-ring (bicyclic) bond motifs is 4. The lowest BCUT2D eigenvalue weighted by molar-refractivity contribution is 0.572. The third-order valence-electron chi connectivity index (χ3n) is 14.7. The first-order valence-electron chi connectivity index (χ1n) is 28.5. The van der Waals surface area contributed by atoms with Gasteiger partial charge in [-0.1, -0.05) is 288 Å². The van der Waals surface area contributed by atoms with E-state index in [4.69, 9.17) is 0 Å². The minimum absolute atomic E-state index is 0.106. The average molecular weight is 1360 g/mol. The van der Waals surface area contributed by atoms with E-state index in [1.54, 1.807) is 23.5 Å². The van der Waals surface area contributed by atoms with Gasteiger partial charge in [0.25, 0.3) is 0 Å². The maximum atomic E-state index is 12.3. The van der Waals surface area contributed by atoms with E-state index in [9.17, 15) is 8.78 Å². The van der Waals surface area contributed by atoms with Crippen LogP contribution in [0.25, 0.3) is 55.6 Å². The maximum absolute atomic E-state index is 12.3. The van der Waals surface area contributed by atoms with Gasteiger partial charge < -0.3 is 0 Å². The van der Waals surface area contributed by atoms with Crippen molar-refractivity contribution in [1.82, 2.24) is 0 Å². The lowest BCUT2D eigenvalue weighted by Crippen LogP contribution is -2.57. The van der Waals surface area contributed by atoms with Crippen LogP contribution >= 0.6 is 91.5 Å². The molecule has 0 saturated carbocycles. The first-order valence-corrected chi connectivity index (χ1v) is 33.8. The van der Waals surface area contributed by atoms with E-state index in [-0.39, 0.29) is 4.47 Å². The van der Waals surface area contributed by atoms with Crippen molar-refractivity contribution >= 4 is 115 Å². The number of thiol groups is 1. The molecule has 15 rings (SSSR count). The highest BCUT2D eigenvalue weighted by atomic mass is 79.9. The second-order valence-electron chi connectivity index (χ2n) is 20.6. The van der Waals surface area contributed by atoms with Crippen molar-refractivity contribution in [2.24, 2.45) is 0 Å². The van der Waals surface area contributed by atoms with Crippen LogP contribution in [-0.2, 0) is 0 Å². The van der Waals surface area contributed by atoms with E-state index in [1.165, 1.54) is 129 Å². The van der Waals surface area contributed by atoms with Gasteiger partial charge in [0, 0.05) is 48.5 Å². The molecule has 0 aliphatic carbocycles. The van der Waals surface area contributed by atoms with Crippen LogP contribution in [0, 0.1) is 11.6 Å². The summed E-state index contributed by atoms with van der Waals surface area (Å²) < 4.78 is 25.6. The second-order valence-corrected chi connectivity index (χ2v) is 27.1. The Hall–Kier alpha value is -7.51. The fraction of sp³-hybridized carbons (Fsp3) is 0. The zero-order valence-electron chi connectivity index (χ0n) is 47.2. The van der Waals surface area contributed by atoms with Gasteiger partial charge in [-0.15, -0.1) is 12.6 Å². The lowest BCUT2D eigenvalue weighted by atomic mass is 9.36. The molecule has 13 aromatic carbocycles. The first-order chi connectivity index (χ1) is 43.2. The molecule has 0 N–H and O–H groups in total. The molecule has 0 saturated heterocycles. The Morgan fingerprint density at radius 1 is 0.295 bits per heavy atom. The Morgan fingerprint density at radius 2 is 0.625 bits per heavy atom. The topological polar surface area (TPSA) is 0 Å². The molecule has 88 heavy (non-hydrogen) atoms. The van der Waals surface area contributed by atoms with E-state index in [1.807, 2.05) is 53.9 Å². The monoisotopic (exact) mass is 1360 g/mol. The second kappa shape index (κ2) is 29.2. The van der Waals surface area contributed by atoms with E-state index < -0.39 is 11.6 Å². The van der Waals surface area contributed by atoms with Crippen molar-refractivity contribution in [1.29, 1.82) is 0 Å². The van der Waals surface area contributed by atoms with Gasteiger partial charge in [0.2, 0.25) is 6.71 Å². The lowest BCUT2D eigenvalue weighted by Gasteiger charge is -2.33. The van der Waals surface area contributed by atoms with Gasteiger partial charge in [0.15, 0.2) is 0 Å². The summed E-state index contributed by atoms with van der Waals surface area (Å²) in [6.45, 7) is 0.290. The third kappa shape index (κ3) is 14.8. The van der Waals surface area contributed by atoms with Gasteiger partial charge in [-0.25, -0.2) is 8.78 Å². The highest BCUT2D eigenvalue weighted by Crippen LogP contribution is 2.44. The van der Waals surface area contributed by atoms with Gasteiger partial charge in [-0.05, 0) is 178 Å². The van der Waals surface area contributed by atoms with Crippen LogP contribution in [0.5, 0.6) is 0 Å². The Balaban J connectivity index is 0.000000128. The van der Waals surface area contributed by atoms with Crippen molar-refractivity contribution < 1.29 is 8.78 Å². The van der Waals surface area contributed by atoms with Gasteiger partial charge in [0.1, 0.15) is 11.6 Å². The highest BCUT2D eigenvalue weighted by molar-refractivity contribution is 9.10. The van der Waals surface area contributed by atoms with Crippen LogP contribution in [0.3, 0.4) is 0 Å². The Morgan fingerprint density at radius 3 is 1.01 bits per heavy atom. The van der Waals surface area contributed by atoms with Crippen LogP contribution < -0.4 is 16.4 Å². The number of hydrogen-bond donors (Lipinski definition) is 1. The molecule has 2 heterocycles. The van der Waals surface area contributed by atoms with Crippen molar-refractivity contribution in [2.75, 3.05) is 0 Å². The summed E-state index contributed by atoms with van der Waals surface area (Å²) in [6.07, 6.45) is 0. The van der Waals surface area contributed by atoms with Crippen LogP contribution in [0.4, 0.5) is 8.78 Å². The standard InChI is InChI=1S/C30H19BS2.C30H21BrS2.C12H10S.C6H3BrF2/c1-3-8-20(9-4-1)22-14-16-24-28(18-22)32-26-12-7-13-27-30(26)31(24)25-17-15-23(19-29(25)33-27)21-10-5-2-6-11-21;31-30-28(32-26-16-7-14-24(20-26)22-10-3-1-4-11-22)18-9-19-29(30)33-27-17-8-15-25(21-27)23-12-5-2-6-13-23;13-12-8-4-7-11(9-12)10-5-2-1-3-6-10;7-6-4(8)2-1-3-5(6)9/h1-19H;1-21H;1-9,13H;1-3H. The Labute approximate surface area is 554 Å². The molecule has 0 radical (unpaired) electrons. The molecule has 0 atom stereocenters. The average Bonchev–Trinajstić information content (AvgIpc) is 0.947. The zero-order chi connectivity index (χ0) is 60.2. The van der Waals surface area contributed by atoms with Gasteiger partial charge in [-0.3, -0.25) is 0 Å². The largest absolute Gasteiger partial charge is 0.247 e.